The monoisotopic (exact) mass is 288 g/mol. The van der Waals surface area contributed by atoms with Crippen LogP contribution in [0.25, 0.3) is 11.5 Å². The fraction of sp³-hybridized carbons (Fsp3) is 0.375. The van der Waals surface area contributed by atoms with Crippen molar-refractivity contribution in [2.45, 2.75) is 39.8 Å². The summed E-state index contributed by atoms with van der Waals surface area (Å²) < 4.78 is 10.8. The predicted molar refractivity (Wildman–Crippen MR) is 79.7 cm³/mol. The molecule has 1 amide bonds. The Kier molecular flexibility index (Phi) is 4.31. The van der Waals surface area contributed by atoms with E-state index in [-0.39, 0.29) is 12.1 Å². The number of amides is 1. The maximum Gasteiger partial charge on any atom is 0.407 e. The van der Waals surface area contributed by atoms with Crippen LogP contribution in [0.5, 0.6) is 0 Å². The summed E-state index contributed by atoms with van der Waals surface area (Å²) in [6.07, 6.45) is -0.467. The van der Waals surface area contributed by atoms with Crippen molar-refractivity contribution in [3.8, 4) is 11.5 Å². The number of carbonyl (C=O) groups excluding carboxylic acids is 1. The van der Waals surface area contributed by atoms with Crippen molar-refractivity contribution in [2.24, 2.45) is 0 Å². The van der Waals surface area contributed by atoms with Gasteiger partial charge in [-0.15, -0.1) is 0 Å². The number of nitrogens with one attached hydrogen (secondary N) is 1. The number of aryl methyl sites for hydroxylation is 1. The number of hydrogen-bond donors (Lipinski definition) is 1. The van der Waals surface area contributed by atoms with E-state index in [9.17, 15) is 4.79 Å². The third kappa shape index (κ3) is 4.34. The summed E-state index contributed by atoms with van der Waals surface area (Å²) in [6.45, 7) is 7.57. The van der Waals surface area contributed by atoms with Gasteiger partial charge >= 0.3 is 6.09 Å². The van der Waals surface area contributed by atoms with E-state index in [2.05, 4.69) is 10.3 Å². The fourth-order valence-corrected chi connectivity index (χ4v) is 1.74. The average molecular weight is 288 g/mol. The Balaban J connectivity index is 2.02. The van der Waals surface area contributed by atoms with Crippen molar-refractivity contribution in [3.63, 3.8) is 0 Å². The summed E-state index contributed by atoms with van der Waals surface area (Å²) in [5.41, 5.74) is 1.19. The second kappa shape index (κ2) is 5.99. The highest BCUT2D eigenvalue weighted by atomic mass is 16.5. The van der Waals surface area contributed by atoms with Crippen LogP contribution in [0, 0.1) is 6.92 Å². The highest BCUT2D eigenvalue weighted by Crippen LogP contribution is 2.21. The smallest absolute Gasteiger partial charge is 0.407 e. The molecule has 21 heavy (non-hydrogen) atoms. The van der Waals surface area contributed by atoms with Gasteiger partial charge in [0, 0.05) is 11.1 Å². The largest absolute Gasteiger partial charge is 0.443 e. The molecule has 2 aromatic rings. The van der Waals surface area contributed by atoms with Gasteiger partial charge in [-0.05, 0) is 39.8 Å². The summed E-state index contributed by atoms with van der Waals surface area (Å²) in [7, 11) is 0. The molecule has 0 spiro atoms. The first-order valence-corrected chi connectivity index (χ1v) is 6.82. The van der Waals surface area contributed by atoms with E-state index in [0.717, 1.165) is 5.56 Å². The Morgan fingerprint density at radius 2 is 1.95 bits per heavy atom. The Bertz CT molecular complexity index is 612. The molecule has 0 fully saturated rings. The molecule has 0 atom stereocenters. The van der Waals surface area contributed by atoms with Crippen molar-refractivity contribution in [1.29, 1.82) is 0 Å². The van der Waals surface area contributed by atoms with E-state index >= 15 is 0 Å². The summed E-state index contributed by atoms with van der Waals surface area (Å²) in [5.74, 6) is 1.18. The van der Waals surface area contributed by atoms with Gasteiger partial charge in [0.25, 0.3) is 0 Å². The van der Waals surface area contributed by atoms with E-state index in [1.807, 2.05) is 51.1 Å². The molecule has 0 aliphatic carbocycles. The minimum absolute atomic E-state index is 0.0874. The molecule has 1 aromatic carbocycles. The number of nitrogens with zero attached hydrogens (tertiary/aromatic N) is 1. The van der Waals surface area contributed by atoms with Gasteiger partial charge in [0.1, 0.15) is 18.1 Å². The molecule has 5 heteroatoms. The lowest BCUT2D eigenvalue weighted by molar-refractivity contribution is 0.129. The van der Waals surface area contributed by atoms with Crippen LogP contribution in [0.4, 0.5) is 4.79 Å². The number of aromatic nitrogens is 1. The van der Waals surface area contributed by atoms with Crippen LogP contribution in [0.1, 0.15) is 32.2 Å². The SMILES string of the molecule is Cc1oc(-c2ccccc2)nc1COC(=O)NC(C)(C)C. The van der Waals surface area contributed by atoms with Gasteiger partial charge in [0.15, 0.2) is 0 Å². The van der Waals surface area contributed by atoms with Gasteiger partial charge in [0.05, 0.1) is 0 Å². The lowest BCUT2D eigenvalue weighted by Gasteiger charge is -2.19. The molecule has 0 saturated heterocycles. The molecule has 0 bridgehead atoms. The number of hydrogen-bond acceptors (Lipinski definition) is 4. The minimum Gasteiger partial charge on any atom is -0.443 e. The van der Waals surface area contributed by atoms with Crippen LogP contribution in [-0.2, 0) is 11.3 Å². The van der Waals surface area contributed by atoms with E-state index in [4.69, 9.17) is 9.15 Å². The van der Waals surface area contributed by atoms with Gasteiger partial charge in [0.2, 0.25) is 5.89 Å². The van der Waals surface area contributed by atoms with Gasteiger partial charge in [-0.3, -0.25) is 0 Å². The van der Waals surface area contributed by atoms with Crippen molar-refractivity contribution >= 4 is 6.09 Å². The number of oxazole rings is 1. The molecule has 0 radical (unpaired) electrons. The second-order valence-electron chi connectivity index (χ2n) is 5.84. The van der Waals surface area contributed by atoms with Crippen molar-refractivity contribution in [1.82, 2.24) is 10.3 Å². The highest BCUT2D eigenvalue weighted by molar-refractivity contribution is 5.68. The van der Waals surface area contributed by atoms with Gasteiger partial charge < -0.3 is 14.5 Å². The van der Waals surface area contributed by atoms with Crippen LogP contribution >= 0.6 is 0 Å². The molecule has 0 unspecified atom stereocenters. The molecule has 1 N–H and O–H groups in total. The van der Waals surface area contributed by atoms with Crippen LogP contribution in [0.15, 0.2) is 34.7 Å². The first-order valence-electron chi connectivity index (χ1n) is 6.82. The normalized spacial score (nSPS) is 11.2. The quantitative estimate of drug-likeness (QED) is 0.935. The zero-order chi connectivity index (χ0) is 15.5. The predicted octanol–water partition coefficient (Wildman–Crippen LogP) is 3.67. The molecular weight excluding hydrogens is 268 g/mol. The van der Waals surface area contributed by atoms with E-state index in [1.54, 1.807) is 6.92 Å². The molecule has 1 aromatic heterocycles. The fourth-order valence-electron chi connectivity index (χ4n) is 1.74. The zero-order valence-corrected chi connectivity index (χ0v) is 12.8. The lowest BCUT2D eigenvalue weighted by Crippen LogP contribution is -2.40. The summed E-state index contributed by atoms with van der Waals surface area (Å²) >= 11 is 0. The number of ether oxygens (including phenoxy) is 1. The summed E-state index contributed by atoms with van der Waals surface area (Å²) in [6, 6.07) is 9.61. The molecule has 0 aliphatic heterocycles. The molecule has 2 rings (SSSR count). The Morgan fingerprint density at radius 3 is 2.57 bits per heavy atom. The van der Waals surface area contributed by atoms with Crippen LogP contribution in [-0.4, -0.2) is 16.6 Å². The molecule has 1 heterocycles. The number of rotatable bonds is 3. The molecule has 112 valence electrons. The van der Waals surface area contributed by atoms with Gasteiger partial charge in [-0.2, -0.15) is 0 Å². The molecular formula is C16H20N2O3. The number of alkyl carbamates (subject to hydrolysis) is 1. The second-order valence-corrected chi connectivity index (χ2v) is 5.84. The first-order chi connectivity index (χ1) is 9.85. The van der Waals surface area contributed by atoms with Crippen molar-refractivity contribution in [3.05, 3.63) is 41.8 Å². The Morgan fingerprint density at radius 1 is 1.29 bits per heavy atom. The van der Waals surface area contributed by atoms with Gasteiger partial charge in [-0.1, -0.05) is 18.2 Å². The minimum atomic E-state index is -0.467. The number of benzene rings is 1. The molecule has 0 saturated carbocycles. The van der Waals surface area contributed by atoms with Crippen LogP contribution < -0.4 is 5.32 Å². The summed E-state index contributed by atoms with van der Waals surface area (Å²) in [4.78, 5) is 16.0. The van der Waals surface area contributed by atoms with Gasteiger partial charge in [-0.25, -0.2) is 9.78 Å². The Labute approximate surface area is 124 Å². The highest BCUT2D eigenvalue weighted by Gasteiger charge is 2.17. The number of carbonyl (C=O) groups is 1. The third-order valence-corrected chi connectivity index (χ3v) is 2.73. The van der Waals surface area contributed by atoms with E-state index < -0.39 is 6.09 Å². The van der Waals surface area contributed by atoms with E-state index in [1.165, 1.54) is 0 Å². The standard InChI is InChI=1S/C16H20N2O3/c1-11-13(10-20-15(19)18-16(2,3)4)17-14(21-11)12-8-6-5-7-9-12/h5-9H,10H2,1-4H3,(H,18,19). The Hall–Kier alpha value is -2.30. The zero-order valence-electron chi connectivity index (χ0n) is 12.8. The van der Waals surface area contributed by atoms with Crippen LogP contribution in [0.3, 0.4) is 0 Å². The maximum absolute atomic E-state index is 11.6. The first kappa shape index (κ1) is 15.1. The van der Waals surface area contributed by atoms with Crippen molar-refractivity contribution in [2.75, 3.05) is 0 Å². The van der Waals surface area contributed by atoms with Crippen molar-refractivity contribution < 1.29 is 13.9 Å². The molecule has 0 aliphatic rings. The topological polar surface area (TPSA) is 64.4 Å². The lowest BCUT2D eigenvalue weighted by atomic mass is 10.1. The molecule has 5 nitrogen and oxygen atoms in total. The maximum atomic E-state index is 11.6. The summed E-state index contributed by atoms with van der Waals surface area (Å²) in [5, 5.41) is 2.73. The van der Waals surface area contributed by atoms with Crippen LogP contribution in [0.2, 0.25) is 0 Å². The third-order valence-electron chi connectivity index (χ3n) is 2.73. The van der Waals surface area contributed by atoms with E-state index in [0.29, 0.717) is 17.3 Å². The average Bonchev–Trinajstić information content (AvgIpc) is 2.77.